The van der Waals surface area contributed by atoms with Crippen LogP contribution in [-0.2, 0) is 21.3 Å². The second-order valence-corrected chi connectivity index (χ2v) is 9.93. The number of benzene rings is 2. The first kappa shape index (κ1) is 21.8. The van der Waals surface area contributed by atoms with Gasteiger partial charge >= 0.3 is 5.97 Å². The average Bonchev–Trinajstić information content (AvgIpc) is 3.27. The quantitative estimate of drug-likeness (QED) is 0.443. The fourth-order valence-corrected chi connectivity index (χ4v) is 5.77. The zero-order chi connectivity index (χ0) is 22.9. The van der Waals surface area contributed by atoms with Crippen LogP contribution in [0.4, 0.5) is 11.4 Å². The maximum atomic E-state index is 13.4. The minimum atomic E-state index is -4.09. The van der Waals surface area contributed by atoms with E-state index in [1.807, 2.05) is 31.2 Å². The van der Waals surface area contributed by atoms with Crippen LogP contribution in [0.25, 0.3) is 0 Å². The number of allylic oxidation sites excluding steroid dienone is 1. The third kappa shape index (κ3) is 4.04. The summed E-state index contributed by atoms with van der Waals surface area (Å²) in [5.41, 5.74) is 3.16. The number of nitrogens with one attached hydrogen (secondary N) is 1. The summed E-state index contributed by atoms with van der Waals surface area (Å²) in [6.45, 7) is 2.08. The van der Waals surface area contributed by atoms with Crippen LogP contribution in [0.1, 0.15) is 31.2 Å². The van der Waals surface area contributed by atoms with Crippen molar-refractivity contribution in [2.75, 3.05) is 16.7 Å². The van der Waals surface area contributed by atoms with E-state index in [-0.39, 0.29) is 11.4 Å². The van der Waals surface area contributed by atoms with Gasteiger partial charge in [-0.05, 0) is 48.2 Å². The number of fused-ring (bicyclic) bond motifs is 1. The molecule has 164 valence electrons. The fourth-order valence-electron chi connectivity index (χ4n) is 3.28. The number of ketones is 1. The summed E-state index contributed by atoms with van der Waals surface area (Å²) in [6.07, 6.45) is 1.20. The third-order valence-corrected chi connectivity index (χ3v) is 7.70. The van der Waals surface area contributed by atoms with Gasteiger partial charge in [-0.2, -0.15) is 0 Å². The Morgan fingerprint density at radius 2 is 1.78 bits per heavy atom. The van der Waals surface area contributed by atoms with Crippen molar-refractivity contribution in [2.24, 2.45) is 0 Å². The number of methoxy groups -OCH3 is 1. The largest absolute Gasteiger partial charge is 0.465 e. The molecule has 9 heteroatoms. The molecule has 0 atom stereocenters. The van der Waals surface area contributed by atoms with E-state index >= 15 is 0 Å². The average molecular weight is 469 g/mol. The van der Waals surface area contributed by atoms with E-state index in [4.69, 9.17) is 0 Å². The van der Waals surface area contributed by atoms with E-state index in [0.29, 0.717) is 21.8 Å². The molecule has 0 spiro atoms. The van der Waals surface area contributed by atoms with E-state index in [0.717, 1.165) is 11.1 Å². The summed E-state index contributed by atoms with van der Waals surface area (Å²) >= 11 is 1.21. The molecule has 0 saturated carbocycles. The van der Waals surface area contributed by atoms with Crippen molar-refractivity contribution in [1.82, 2.24) is 0 Å². The normalized spacial score (nSPS) is 16.0. The Morgan fingerprint density at radius 3 is 2.44 bits per heavy atom. The summed E-state index contributed by atoms with van der Waals surface area (Å²) < 4.78 is 32.7. The molecule has 1 aromatic heterocycles. The lowest BCUT2D eigenvalue weighted by molar-refractivity contribution is 0.0600. The minimum Gasteiger partial charge on any atom is -0.465 e. The Bertz CT molecular complexity index is 1310. The molecule has 1 aliphatic rings. The molecule has 0 saturated heterocycles. The van der Waals surface area contributed by atoms with Crippen LogP contribution in [0.2, 0.25) is 0 Å². The van der Waals surface area contributed by atoms with Crippen LogP contribution in [0, 0.1) is 6.92 Å². The Kier molecular flexibility index (Phi) is 5.86. The maximum absolute atomic E-state index is 13.4. The van der Waals surface area contributed by atoms with Crippen LogP contribution < -0.4 is 9.62 Å². The number of hydrogen-bond acceptors (Lipinski definition) is 7. The standard InChI is InChI=1S/C23H20N2O5S2/c1-15-3-5-16(6-4-15)14-25-19-11-12-31-22(19)21(26)20(32(25,28)29)13-24-18-9-7-17(8-10-18)23(27)30-2/h3-13,24H,14H2,1-2H3. The number of nitrogens with zero attached hydrogens (tertiary/aromatic N) is 1. The van der Waals surface area contributed by atoms with Crippen molar-refractivity contribution in [3.63, 3.8) is 0 Å². The van der Waals surface area contributed by atoms with Crippen LogP contribution in [0.3, 0.4) is 0 Å². The molecular formula is C23H20N2O5S2. The number of thiophene rings is 1. The lowest BCUT2D eigenvalue weighted by Crippen LogP contribution is -2.38. The summed E-state index contributed by atoms with van der Waals surface area (Å²) in [5.74, 6) is -1.02. The Hall–Kier alpha value is -3.43. The van der Waals surface area contributed by atoms with Gasteiger partial charge in [0.1, 0.15) is 4.88 Å². The summed E-state index contributed by atoms with van der Waals surface area (Å²) in [7, 11) is -2.79. The van der Waals surface area contributed by atoms with Crippen LogP contribution >= 0.6 is 11.3 Å². The van der Waals surface area contributed by atoms with Gasteiger partial charge in [-0.1, -0.05) is 29.8 Å². The molecule has 0 bridgehead atoms. The second-order valence-electron chi connectivity index (χ2n) is 7.18. The topological polar surface area (TPSA) is 92.8 Å². The highest BCUT2D eigenvalue weighted by Crippen LogP contribution is 2.39. The van der Waals surface area contributed by atoms with Crippen LogP contribution in [0.15, 0.2) is 71.1 Å². The highest BCUT2D eigenvalue weighted by atomic mass is 32.2. The molecule has 2 aromatic carbocycles. The predicted molar refractivity (Wildman–Crippen MR) is 124 cm³/mol. The van der Waals surface area contributed by atoms with Gasteiger partial charge in [0, 0.05) is 11.9 Å². The fraction of sp³-hybridized carbons (Fsp3) is 0.130. The predicted octanol–water partition coefficient (Wildman–Crippen LogP) is 4.33. The Balaban J connectivity index is 1.67. The first-order chi connectivity index (χ1) is 15.3. The number of hydrogen-bond donors (Lipinski definition) is 1. The summed E-state index contributed by atoms with van der Waals surface area (Å²) in [5, 5.41) is 4.57. The molecule has 0 radical (unpaired) electrons. The van der Waals surface area contributed by atoms with Gasteiger partial charge in [-0.3, -0.25) is 9.10 Å². The number of carbonyl (C=O) groups is 2. The number of rotatable bonds is 5. The number of sulfonamides is 1. The van der Waals surface area contributed by atoms with Gasteiger partial charge in [0.25, 0.3) is 10.0 Å². The summed E-state index contributed by atoms with van der Waals surface area (Å²) in [6, 6.07) is 15.5. The number of aryl methyl sites for hydroxylation is 1. The molecule has 0 aliphatic carbocycles. The number of ether oxygens (including phenoxy) is 1. The summed E-state index contributed by atoms with van der Waals surface area (Å²) in [4.78, 5) is 24.6. The maximum Gasteiger partial charge on any atom is 0.337 e. The van der Waals surface area contributed by atoms with Crippen molar-refractivity contribution in [3.05, 3.63) is 92.6 Å². The van der Waals surface area contributed by atoms with E-state index < -0.39 is 21.8 Å². The molecule has 4 rings (SSSR count). The zero-order valence-corrected chi connectivity index (χ0v) is 19.0. The number of anilines is 2. The molecular weight excluding hydrogens is 448 g/mol. The molecule has 0 amide bonds. The van der Waals surface area contributed by atoms with E-state index in [1.54, 1.807) is 35.7 Å². The highest BCUT2D eigenvalue weighted by Gasteiger charge is 2.41. The van der Waals surface area contributed by atoms with Crippen molar-refractivity contribution >= 4 is 44.5 Å². The minimum absolute atomic E-state index is 0.116. The molecule has 0 unspecified atom stereocenters. The first-order valence-electron chi connectivity index (χ1n) is 9.67. The Morgan fingerprint density at radius 1 is 1.09 bits per heavy atom. The molecule has 7 nitrogen and oxygen atoms in total. The molecule has 1 N–H and O–H groups in total. The van der Waals surface area contributed by atoms with Gasteiger partial charge in [-0.15, -0.1) is 11.3 Å². The van der Waals surface area contributed by atoms with Crippen molar-refractivity contribution in [3.8, 4) is 0 Å². The van der Waals surface area contributed by atoms with Gasteiger partial charge in [0.2, 0.25) is 5.78 Å². The molecule has 32 heavy (non-hydrogen) atoms. The van der Waals surface area contributed by atoms with Crippen molar-refractivity contribution in [2.45, 2.75) is 13.5 Å². The Labute approximate surface area is 190 Å². The number of esters is 1. The molecule has 1 aliphatic heterocycles. The molecule has 0 fully saturated rings. The van der Waals surface area contributed by atoms with Gasteiger partial charge in [0.15, 0.2) is 4.91 Å². The van der Waals surface area contributed by atoms with Gasteiger partial charge < -0.3 is 10.1 Å². The highest BCUT2D eigenvalue weighted by molar-refractivity contribution is 7.97. The van der Waals surface area contributed by atoms with Crippen LogP contribution in [0.5, 0.6) is 0 Å². The first-order valence-corrected chi connectivity index (χ1v) is 12.0. The molecule has 3 aromatic rings. The van der Waals surface area contributed by atoms with Gasteiger partial charge in [0.05, 0.1) is 24.9 Å². The van der Waals surface area contributed by atoms with Crippen LogP contribution in [-0.4, -0.2) is 27.3 Å². The monoisotopic (exact) mass is 468 g/mol. The van der Waals surface area contributed by atoms with E-state index in [1.165, 1.54) is 29.0 Å². The molecule has 2 heterocycles. The zero-order valence-electron chi connectivity index (χ0n) is 17.4. The lowest BCUT2D eigenvalue weighted by Gasteiger charge is -2.29. The van der Waals surface area contributed by atoms with Crippen molar-refractivity contribution < 1.29 is 22.7 Å². The SMILES string of the molecule is COC(=O)c1ccc(NC=C2C(=O)c3sccc3N(Cc3ccc(C)cc3)S2(=O)=O)cc1. The third-order valence-electron chi connectivity index (χ3n) is 5.03. The van der Waals surface area contributed by atoms with Crippen molar-refractivity contribution in [1.29, 1.82) is 0 Å². The number of carbonyl (C=O) groups excluding carboxylic acids is 2. The lowest BCUT2D eigenvalue weighted by atomic mass is 10.1. The van der Waals surface area contributed by atoms with E-state index in [2.05, 4.69) is 10.1 Å². The number of Topliss-reactive ketones (excluding diaryl/α,β-unsaturated/α-hetero) is 1. The smallest absolute Gasteiger partial charge is 0.337 e. The van der Waals surface area contributed by atoms with E-state index in [9.17, 15) is 18.0 Å². The second kappa shape index (κ2) is 8.60. The van der Waals surface area contributed by atoms with Gasteiger partial charge in [-0.25, -0.2) is 13.2 Å².